The minimum absolute atomic E-state index is 0.246. The molecule has 0 unspecified atom stereocenters. The second-order valence-electron chi connectivity index (χ2n) is 5.11. The number of nitrogens with zero attached hydrogens (tertiary/aromatic N) is 4. The predicted octanol–water partition coefficient (Wildman–Crippen LogP) is 1.87. The van der Waals surface area contributed by atoms with Crippen LogP contribution in [-0.2, 0) is 11.2 Å². The van der Waals surface area contributed by atoms with Crippen LogP contribution in [-0.4, -0.2) is 35.0 Å². The molecule has 3 aromatic rings. The van der Waals surface area contributed by atoms with E-state index in [1.807, 2.05) is 14.1 Å². The van der Waals surface area contributed by atoms with Gasteiger partial charge in [-0.1, -0.05) is 11.6 Å². The van der Waals surface area contributed by atoms with Gasteiger partial charge in [0.1, 0.15) is 0 Å². The van der Waals surface area contributed by atoms with Crippen molar-refractivity contribution < 1.29 is 14.3 Å². The topological polar surface area (TPSA) is 95.2 Å². The molecule has 0 bridgehead atoms. The molecule has 0 aliphatic rings. The molecule has 7 nitrogen and oxygen atoms in total. The second-order valence-corrected chi connectivity index (χ2v) is 6.83. The molecule has 0 aliphatic carbocycles. The molecule has 0 radical (unpaired) electrons. The Morgan fingerprint density at radius 1 is 1.33 bits per heavy atom. The van der Waals surface area contributed by atoms with Gasteiger partial charge in [-0.3, -0.25) is 0 Å². The summed E-state index contributed by atoms with van der Waals surface area (Å²) in [6.45, 7) is 0. The van der Waals surface area contributed by atoms with Crippen LogP contribution in [0, 0.1) is 0 Å². The molecular weight excluding hydrogens is 352 g/mol. The van der Waals surface area contributed by atoms with Gasteiger partial charge in [0.15, 0.2) is 5.76 Å². The van der Waals surface area contributed by atoms with Crippen LogP contribution < -0.4 is 10.0 Å². The summed E-state index contributed by atoms with van der Waals surface area (Å²) >= 11 is 7.22. The number of aromatic nitrogens is 3. The van der Waals surface area contributed by atoms with Gasteiger partial charge in [0.25, 0.3) is 0 Å². The Morgan fingerprint density at radius 3 is 2.58 bits per heavy atom. The van der Waals surface area contributed by atoms with Crippen molar-refractivity contribution in [2.75, 3.05) is 19.0 Å². The molecule has 0 atom stereocenters. The van der Waals surface area contributed by atoms with Crippen LogP contribution in [0.2, 0.25) is 4.34 Å². The Kier molecular flexibility index (Phi) is 4.50. The van der Waals surface area contributed by atoms with Crippen molar-refractivity contribution in [3.8, 4) is 22.1 Å². The Bertz CT molecular complexity index is 873. The SMILES string of the molecule is CN(C)c1ncc(-c2nc(CC(=O)[O-])c(-c3ccc(Cl)s3)o2)cn1. The van der Waals surface area contributed by atoms with E-state index >= 15 is 0 Å². The zero-order valence-corrected chi connectivity index (χ0v) is 14.4. The fourth-order valence-corrected chi connectivity index (χ4v) is 3.07. The molecule has 0 fully saturated rings. The number of aliphatic carboxylic acids is 1. The summed E-state index contributed by atoms with van der Waals surface area (Å²) in [6, 6.07) is 3.46. The van der Waals surface area contributed by atoms with Gasteiger partial charge >= 0.3 is 0 Å². The zero-order chi connectivity index (χ0) is 17.3. The molecule has 0 N–H and O–H groups in total. The van der Waals surface area contributed by atoms with Gasteiger partial charge in [0.05, 0.1) is 20.5 Å². The molecule has 0 spiro atoms. The Morgan fingerprint density at radius 2 is 2.04 bits per heavy atom. The fraction of sp³-hybridized carbons (Fsp3) is 0.200. The first kappa shape index (κ1) is 16.4. The van der Waals surface area contributed by atoms with E-state index in [9.17, 15) is 9.90 Å². The van der Waals surface area contributed by atoms with Crippen molar-refractivity contribution in [3.05, 3.63) is 34.6 Å². The molecular formula is C15H12ClN4O3S-. The molecule has 3 heterocycles. The number of hydrogen-bond donors (Lipinski definition) is 0. The molecule has 0 saturated heterocycles. The van der Waals surface area contributed by atoms with E-state index in [1.54, 1.807) is 29.4 Å². The number of oxazole rings is 1. The number of carboxylic acid groups (broad SMARTS) is 1. The van der Waals surface area contributed by atoms with E-state index in [0.29, 0.717) is 26.5 Å². The van der Waals surface area contributed by atoms with E-state index in [1.165, 1.54) is 11.3 Å². The quantitative estimate of drug-likeness (QED) is 0.682. The highest BCUT2D eigenvalue weighted by molar-refractivity contribution is 7.19. The van der Waals surface area contributed by atoms with Crippen LogP contribution in [0.15, 0.2) is 28.9 Å². The van der Waals surface area contributed by atoms with Crippen molar-refractivity contribution in [1.82, 2.24) is 15.0 Å². The summed E-state index contributed by atoms with van der Waals surface area (Å²) < 4.78 is 6.33. The van der Waals surface area contributed by atoms with Gasteiger partial charge in [0.2, 0.25) is 11.8 Å². The molecule has 124 valence electrons. The van der Waals surface area contributed by atoms with E-state index in [-0.39, 0.29) is 18.0 Å². The number of thiophene rings is 1. The number of rotatable bonds is 5. The monoisotopic (exact) mass is 363 g/mol. The van der Waals surface area contributed by atoms with Gasteiger partial charge in [-0.05, 0) is 12.1 Å². The second kappa shape index (κ2) is 6.58. The Hall–Kier alpha value is -2.45. The Balaban J connectivity index is 2.02. The first-order valence-corrected chi connectivity index (χ1v) is 8.08. The lowest BCUT2D eigenvalue weighted by atomic mass is 10.2. The average molecular weight is 364 g/mol. The van der Waals surface area contributed by atoms with Crippen molar-refractivity contribution in [1.29, 1.82) is 0 Å². The van der Waals surface area contributed by atoms with Gasteiger partial charge in [-0.15, -0.1) is 11.3 Å². The number of carbonyl (C=O) groups is 1. The van der Waals surface area contributed by atoms with Crippen LogP contribution in [0.4, 0.5) is 5.95 Å². The summed E-state index contributed by atoms with van der Waals surface area (Å²) in [5.74, 6) is -0.0812. The maximum atomic E-state index is 11.0. The molecule has 3 rings (SSSR count). The normalized spacial score (nSPS) is 10.8. The molecule has 24 heavy (non-hydrogen) atoms. The lowest BCUT2D eigenvalue weighted by molar-refractivity contribution is -0.304. The number of halogens is 1. The smallest absolute Gasteiger partial charge is 0.230 e. The fourth-order valence-electron chi connectivity index (χ4n) is 2.02. The van der Waals surface area contributed by atoms with Crippen LogP contribution in [0.25, 0.3) is 22.1 Å². The summed E-state index contributed by atoms with van der Waals surface area (Å²) in [4.78, 5) is 26.1. The molecule has 0 amide bonds. The van der Waals surface area contributed by atoms with Crippen molar-refractivity contribution >= 4 is 34.9 Å². The number of carbonyl (C=O) groups excluding carboxylic acids is 1. The number of carboxylic acids is 1. The molecule has 3 aromatic heterocycles. The first-order chi connectivity index (χ1) is 11.4. The lowest BCUT2D eigenvalue weighted by Gasteiger charge is -2.08. The van der Waals surface area contributed by atoms with Crippen LogP contribution in [0.5, 0.6) is 0 Å². The largest absolute Gasteiger partial charge is 0.550 e. The molecule has 0 aliphatic heterocycles. The first-order valence-electron chi connectivity index (χ1n) is 6.89. The molecule has 9 heteroatoms. The highest BCUT2D eigenvalue weighted by atomic mass is 35.5. The summed E-state index contributed by atoms with van der Waals surface area (Å²) in [5.41, 5.74) is 0.828. The van der Waals surface area contributed by atoms with E-state index in [0.717, 1.165) is 0 Å². The third-order valence-electron chi connectivity index (χ3n) is 3.09. The zero-order valence-electron chi connectivity index (χ0n) is 12.8. The van der Waals surface area contributed by atoms with Crippen molar-refractivity contribution in [2.24, 2.45) is 0 Å². The average Bonchev–Trinajstić information content (AvgIpc) is 3.13. The van der Waals surface area contributed by atoms with Gasteiger partial charge in [0, 0.05) is 38.9 Å². The lowest BCUT2D eigenvalue weighted by Crippen LogP contribution is -2.24. The maximum absolute atomic E-state index is 11.0. The standard InChI is InChI=1S/C15H13ClN4O3S/c1-20(2)15-17-6-8(7-18-15)14-19-9(5-12(21)22)13(23-14)10-3-4-11(16)24-10/h3-4,6-7H,5H2,1-2H3,(H,21,22)/p-1. The summed E-state index contributed by atoms with van der Waals surface area (Å²) in [7, 11) is 3.66. The molecule has 0 saturated carbocycles. The highest BCUT2D eigenvalue weighted by Crippen LogP contribution is 2.36. The van der Waals surface area contributed by atoms with Crippen LogP contribution >= 0.6 is 22.9 Å². The minimum atomic E-state index is -1.24. The third-order valence-corrected chi connectivity index (χ3v) is 4.32. The van der Waals surface area contributed by atoms with Crippen LogP contribution in [0.3, 0.4) is 0 Å². The van der Waals surface area contributed by atoms with Crippen molar-refractivity contribution in [2.45, 2.75) is 6.42 Å². The Labute approximate surface area is 146 Å². The van der Waals surface area contributed by atoms with Gasteiger partial charge in [-0.25, -0.2) is 15.0 Å². The molecule has 0 aromatic carbocycles. The van der Waals surface area contributed by atoms with Gasteiger partial charge in [-0.2, -0.15) is 0 Å². The summed E-state index contributed by atoms with van der Waals surface area (Å²) in [6.07, 6.45) is 2.79. The van der Waals surface area contributed by atoms with Gasteiger partial charge < -0.3 is 19.2 Å². The maximum Gasteiger partial charge on any atom is 0.230 e. The number of anilines is 1. The number of hydrogen-bond acceptors (Lipinski definition) is 8. The minimum Gasteiger partial charge on any atom is -0.550 e. The van der Waals surface area contributed by atoms with Crippen LogP contribution in [0.1, 0.15) is 5.69 Å². The third kappa shape index (κ3) is 3.39. The highest BCUT2D eigenvalue weighted by Gasteiger charge is 2.18. The van der Waals surface area contributed by atoms with Crippen molar-refractivity contribution in [3.63, 3.8) is 0 Å². The summed E-state index contributed by atoms with van der Waals surface area (Å²) in [5, 5.41) is 11.0. The van der Waals surface area contributed by atoms with E-state index < -0.39 is 5.97 Å². The van der Waals surface area contributed by atoms with E-state index in [4.69, 9.17) is 16.0 Å². The van der Waals surface area contributed by atoms with E-state index in [2.05, 4.69) is 15.0 Å². The predicted molar refractivity (Wildman–Crippen MR) is 88.9 cm³/mol.